The first-order chi connectivity index (χ1) is 9.70. The van der Waals surface area contributed by atoms with Gasteiger partial charge in [-0.15, -0.1) is 0 Å². The lowest BCUT2D eigenvalue weighted by molar-refractivity contribution is 0.515. The van der Waals surface area contributed by atoms with Gasteiger partial charge in [-0.05, 0) is 61.1 Å². The average Bonchev–Trinajstić information content (AvgIpc) is 3.25. The molecule has 1 fully saturated rings. The van der Waals surface area contributed by atoms with Crippen LogP contribution in [0.3, 0.4) is 0 Å². The summed E-state index contributed by atoms with van der Waals surface area (Å²) in [6.07, 6.45) is 1.28. The Balaban J connectivity index is 1.84. The molecule has 1 nitrogen and oxygen atoms in total. The zero-order chi connectivity index (χ0) is 14.1. The Morgan fingerprint density at radius 1 is 1.15 bits per heavy atom. The van der Waals surface area contributed by atoms with Crippen molar-refractivity contribution in [1.82, 2.24) is 5.32 Å². The molecule has 1 aliphatic carbocycles. The summed E-state index contributed by atoms with van der Waals surface area (Å²) in [7, 11) is 2.07. The van der Waals surface area contributed by atoms with Crippen LogP contribution in [0.2, 0.25) is 0 Å². The van der Waals surface area contributed by atoms with Crippen LogP contribution in [0.4, 0.5) is 0 Å². The van der Waals surface area contributed by atoms with Crippen molar-refractivity contribution in [2.45, 2.75) is 25.3 Å². The maximum atomic E-state index is 3.60. The van der Waals surface area contributed by atoms with Crippen LogP contribution >= 0.6 is 15.9 Å². The zero-order valence-corrected chi connectivity index (χ0v) is 13.5. The Kier molecular flexibility index (Phi) is 3.95. The van der Waals surface area contributed by atoms with Crippen LogP contribution in [0.1, 0.15) is 35.1 Å². The minimum absolute atomic E-state index is 0.442. The van der Waals surface area contributed by atoms with Crippen LogP contribution in [0.15, 0.2) is 53.0 Å². The molecule has 104 valence electrons. The fourth-order valence-corrected chi connectivity index (χ4v) is 3.59. The van der Waals surface area contributed by atoms with E-state index in [2.05, 4.69) is 83.7 Å². The summed E-state index contributed by atoms with van der Waals surface area (Å²) in [5, 5.41) is 3.53. The number of hydrogen-bond donors (Lipinski definition) is 1. The van der Waals surface area contributed by atoms with Crippen molar-refractivity contribution >= 4 is 15.9 Å². The van der Waals surface area contributed by atoms with E-state index < -0.39 is 0 Å². The molecule has 0 saturated heterocycles. The molecule has 0 radical (unpaired) electrons. The molecular weight excluding hydrogens is 310 g/mol. The molecule has 2 aromatic carbocycles. The van der Waals surface area contributed by atoms with E-state index in [1.54, 1.807) is 0 Å². The SMILES string of the molecule is CNC(c1cc(Br)ccc1C)C1CC1c1ccccc1. The molecule has 1 N–H and O–H groups in total. The van der Waals surface area contributed by atoms with Crippen LogP contribution in [0.5, 0.6) is 0 Å². The molecule has 0 aromatic heterocycles. The average molecular weight is 330 g/mol. The lowest BCUT2D eigenvalue weighted by Crippen LogP contribution is -2.20. The molecule has 1 aliphatic rings. The van der Waals surface area contributed by atoms with Gasteiger partial charge in [0.1, 0.15) is 0 Å². The third-order valence-corrected chi connectivity index (χ3v) is 4.88. The van der Waals surface area contributed by atoms with Gasteiger partial charge >= 0.3 is 0 Å². The quantitative estimate of drug-likeness (QED) is 0.847. The molecule has 20 heavy (non-hydrogen) atoms. The second-order valence-corrected chi connectivity index (χ2v) is 6.60. The molecule has 0 amide bonds. The summed E-state index contributed by atoms with van der Waals surface area (Å²) in [6.45, 7) is 2.20. The minimum Gasteiger partial charge on any atom is -0.313 e. The first-order valence-electron chi connectivity index (χ1n) is 7.19. The topological polar surface area (TPSA) is 12.0 Å². The van der Waals surface area contributed by atoms with Gasteiger partial charge in [0.05, 0.1) is 0 Å². The minimum atomic E-state index is 0.442. The Hall–Kier alpha value is -1.12. The Morgan fingerprint density at radius 3 is 2.60 bits per heavy atom. The molecule has 2 heteroatoms. The van der Waals surface area contributed by atoms with Crippen molar-refractivity contribution in [3.63, 3.8) is 0 Å². The van der Waals surface area contributed by atoms with Crippen molar-refractivity contribution < 1.29 is 0 Å². The van der Waals surface area contributed by atoms with E-state index in [4.69, 9.17) is 0 Å². The fourth-order valence-electron chi connectivity index (χ4n) is 3.21. The Bertz CT molecular complexity index is 594. The fraction of sp³-hybridized carbons (Fsp3) is 0.333. The van der Waals surface area contributed by atoms with Gasteiger partial charge in [0.2, 0.25) is 0 Å². The summed E-state index contributed by atoms with van der Waals surface area (Å²) < 4.78 is 1.16. The second-order valence-electron chi connectivity index (χ2n) is 5.68. The molecule has 0 heterocycles. The predicted molar refractivity (Wildman–Crippen MR) is 88.0 cm³/mol. The standard InChI is InChI=1S/C18H20BrN/c1-12-8-9-14(19)10-15(12)18(20-2)17-11-16(17)13-6-4-3-5-7-13/h3-10,16-18,20H,11H2,1-2H3. The van der Waals surface area contributed by atoms with E-state index in [-0.39, 0.29) is 0 Å². The lowest BCUT2D eigenvalue weighted by Gasteiger charge is -2.19. The molecule has 0 aliphatic heterocycles. The number of halogens is 1. The maximum Gasteiger partial charge on any atom is 0.0355 e. The van der Waals surface area contributed by atoms with Gasteiger partial charge < -0.3 is 5.32 Å². The number of benzene rings is 2. The summed E-state index contributed by atoms with van der Waals surface area (Å²) in [5.74, 6) is 1.41. The van der Waals surface area contributed by atoms with Gasteiger partial charge in [0.15, 0.2) is 0 Å². The van der Waals surface area contributed by atoms with Crippen molar-refractivity contribution in [2.24, 2.45) is 5.92 Å². The Morgan fingerprint density at radius 2 is 1.90 bits per heavy atom. The molecule has 1 saturated carbocycles. The van der Waals surface area contributed by atoms with Gasteiger partial charge in [-0.2, -0.15) is 0 Å². The van der Waals surface area contributed by atoms with Crippen LogP contribution in [-0.2, 0) is 0 Å². The maximum absolute atomic E-state index is 3.60. The molecular formula is C18H20BrN. The Labute approximate surface area is 129 Å². The lowest BCUT2D eigenvalue weighted by atomic mass is 9.95. The summed E-state index contributed by atoms with van der Waals surface area (Å²) in [6, 6.07) is 17.9. The van der Waals surface area contributed by atoms with Gasteiger partial charge in [0.25, 0.3) is 0 Å². The summed E-state index contributed by atoms with van der Waals surface area (Å²) >= 11 is 3.60. The van der Waals surface area contributed by atoms with E-state index in [9.17, 15) is 0 Å². The third-order valence-electron chi connectivity index (χ3n) is 4.38. The van der Waals surface area contributed by atoms with Gasteiger partial charge in [-0.1, -0.05) is 52.3 Å². The van der Waals surface area contributed by atoms with E-state index >= 15 is 0 Å². The highest BCUT2D eigenvalue weighted by Gasteiger charge is 2.44. The highest BCUT2D eigenvalue weighted by molar-refractivity contribution is 9.10. The van der Waals surface area contributed by atoms with Gasteiger partial charge in [-0.25, -0.2) is 0 Å². The predicted octanol–water partition coefficient (Wildman–Crippen LogP) is 4.82. The van der Waals surface area contributed by atoms with E-state index in [1.165, 1.54) is 23.1 Å². The smallest absolute Gasteiger partial charge is 0.0355 e. The van der Waals surface area contributed by atoms with E-state index in [1.807, 2.05) is 0 Å². The van der Waals surface area contributed by atoms with Crippen molar-refractivity contribution in [3.05, 3.63) is 69.7 Å². The first-order valence-corrected chi connectivity index (χ1v) is 7.98. The number of nitrogens with one attached hydrogen (secondary N) is 1. The van der Waals surface area contributed by atoms with E-state index in [0.29, 0.717) is 17.9 Å². The zero-order valence-electron chi connectivity index (χ0n) is 11.9. The normalized spacial score (nSPS) is 22.6. The van der Waals surface area contributed by atoms with Crippen LogP contribution in [0, 0.1) is 12.8 Å². The molecule has 0 bridgehead atoms. The van der Waals surface area contributed by atoms with Crippen molar-refractivity contribution in [1.29, 1.82) is 0 Å². The molecule has 3 atom stereocenters. The van der Waals surface area contributed by atoms with Gasteiger partial charge in [-0.3, -0.25) is 0 Å². The molecule has 3 rings (SSSR count). The van der Waals surface area contributed by atoms with Crippen molar-refractivity contribution in [3.8, 4) is 0 Å². The second kappa shape index (κ2) is 5.71. The van der Waals surface area contributed by atoms with Crippen LogP contribution in [0.25, 0.3) is 0 Å². The third kappa shape index (κ3) is 2.68. The first kappa shape index (κ1) is 13.8. The summed E-state index contributed by atoms with van der Waals surface area (Å²) in [5.41, 5.74) is 4.27. The molecule has 2 aromatic rings. The number of hydrogen-bond acceptors (Lipinski definition) is 1. The number of aryl methyl sites for hydroxylation is 1. The molecule has 0 spiro atoms. The monoisotopic (exact) mass is 329 g/mol. The highest BCUT2D eigenvalue weighted by atomic mass is 79.9. The van der Waals surface area contributed by atoms with Gasteiger partial charge in [0, 0.05) is 10.5 Å². The largest absolute Gasteiger partial charge is 0.313 e. The van der Waals surface area contributed by atoms with Crippen LogP contribution < -0.4 is 5.32 Å². The highest BCUT2D eigenvalue weighted by Crippen LogP contribution is 2.54. The number of rotatable bonds is 4. The van der Waals surface area contributed by atoms with Crippen molar-refractivity contribution in [2.75, 3.05) is 7.05 Å². The molecule has 3 unspecified atom stereocenters. The van der Waals surface area contributed by atoms with E-state index in [0.717, 1.165) is 4.47 Å². The summed E-state index contributed by atoms with van der Waals surface area (Å²) in [4.78, 5) is 0. The van der Waals surface area contributed by atoms with Crippen LogP contribution in [-0.4, -0.2) is 7.05 Å².